The third-order valence-electron chi connectivity index (χ3n) is 4.30. The Balaban J connectivity index is 0.00000280. The van der Waals surface area contributed by atoms with Gasteiger partial charge in [-0.2, -0.15) is 0 Å². The van der Waals surface area contributed by atoms with E-state index in [2.05, 4.69) is 82.6 Å². The van der Waals surface area contributed by atoms with Crippen LogP contribution in [0.3, 0.4) is 0 Å². The van der Waals surface area contributed by atoms with E-state index in [9.17, 15) is 0 Å². The maximum absolute atomic E-state index is 4.71. The molecule has 0 amide bonds. The minimum Gasteiger partial charge on any atom is -0.357 e. The van der Waals surface area contributed by atoms with Crippen molar-refractivity contribution >= 4 is 29.9 Å². The van der Waals surface area contributed by atoms with Gasteiger partial charge >= 0.3 is 0 Å². The van der Waals surface area contributed by atoms with Crippen LogP contribution in [-0.4, -0.2) is 28.6 Å². The number of nitrogens with one attached hydrogen (secondary N) is 2. The summed E-state index contributed by atoms with van der Waals surface area (Å²) in [6, 6.07) is 17.2. The molecule has 148 valence electrons. The summed E-state index contributed by atoms with van der Waals surface area (Å²) in [4.78, 5) is 8.81. The Bertz CT molecular complexity index is 849. The van der Waals surface area contributed by atoms with E-state index in [1.54, 1.807) is 6.20 Å². The number of halogens is 1. The number of hydrogen-bond donors (Lipinski definition) is 2. The average molecular weight is 489 g/mol. The van der Waals surface area contributed by atoms with Gasteiger partial charge in [-0.15, -0.1) is 24.0 Å². The van der Waals surface area contributed by atoms with Crippen LogP contribution in [0.4, 0.5) is 0 Å². The second-order valence-corrected chi connectivity index (χ2v) is 6.31. The molecule has 0 fully saturated rings. The molecule has 0 aliphatic heterocycles. The van der Waals surface area contributed by atoms with Gasteiger partial charge in [-0.25, -0.2) is 9.98 Å². The Kier molecular flexibility index (Phi) is 9.00. The number of rotatable bonds is 7. The van der Waals surface area contributed by atoms with Crippen LogP contribution in [0.1, 0.15) is 25.0 Å². The lowest BCUT2D eigenvalue weighted by Gasteiger charge is -2.12. The van der Waals surface area contributed by atoms with Gasteiger partial charge in [-0.05, 0) is 36.1 Å². The van der Waals surface area contributed by atoms with Gasteiger partial charge in [0.15, 0.2) is 5.96 Å². The number of guanidine groups is 1. The molecule has 0 unspecified atom stereocenters. The van der Waals surface area contributed by atoms with Crippen LogP contribution in [0, 0.1) is 0 Å². The van der Waals surface area contributed by atoms with Gasteiger partial charge < -0.3 is 15.2 Å². The molecule has 3 aromatic rings. The van der Waals surface area contributed by atoms with Crippen LogP contribution in [-0.2, 0) is 13.1 Å². The molecular weight excluding hydrogens is 461 g/mol. The molecule has 6 heteroatoms. The molecule has 1 aromatic heterocycles. The van der Waals surface area contributed by atoms with Crippen molar-refractivity contribution in [2.24, 2.45) is 4.99 Å². The summed E-state index contributed by atoms with van der Waals surface area (Å²) in [5.41, 5.74) is 4.91. The number of benzene rings is 2. The summed E-state index contributed by atoms with van der Waals surface area (Å²) in [6.45, 7) is 7.33. The highest BCUT2D eigenvalue weighted by molar-refractivity contribution is 14.0. The zero-order valence-corrected chi connectivity index (χ0v) is 18.8. The molecule has 0 saturated heterocycles. The summed E-state index contributed by atoms with van der Waals surface area (Å²) >= 11 is 0. The molecule has 5 nitrogen and oxygen atoms in total. The number of hydrogen-bond acceptors (Lipinski definition) is 2. The Labute approximate surface area is 184 Å². The van der Waals surface area contributed by atoms with E-state index in [4.69, 9.17) is 4.99 Å². The number of aliphatic imine (C=N–C) groups is 1. The van der Waals surface area contributed by atoms with Crippen molar-refractivity contribution < 1.29 is 0 Å². The minimum atomic E-state index is 0. The Morgan fingerprint density at radius 2 is 1.71 bits per heavy atom. The normalized spacial score (nSPS) is 10.1. The van der Waals surface area contributed by atoms with Gasteiger partial charge in [-0.1, -0.05) is 48.5 Å². The molecule has 0 saturated carbocycles. The fourth-order valence-corrected chi connectivity index (χ4v) is 2.99. The molecule has 0 radical (unpaired) electrons. The molecule has 0 spiro atoms. The van der Waals surface area contributed by atoms with Crippen LogP contribution in [0.25, 0.3) is 11.1 Å². The predicted molar refractivity (Wildman–Crippen MR) is 127 cm³/mol. The van der Waals surface area contributed by atoms with E-state index in [0.717, 1.165) is 25.6 Å². The van der Waals surface area contributed by atoms with Crippen LogP contribution < -0.4 is 10.6 Å². The van der Waals surface area contributed by atoms with Crippen molar-refractivity contribution in [2.45, 2.75) is 26.9 Å². The van der Waals surface area contributed by atoms with Crippen molar-refractivity contribution in [3.63, 3.8) is 0 Å². The zero-order valence-electron chi connectivity index (χ0n) is 16.4. The Morgan fingerprint density at radius 3 is 2.36 bits per heavy atom. The zero-order chi connectivity index (χ0) is 18.9. The van der Waals surface area contributed by atoms with Gasteiger partial charge in [0.25, 0.3) is 0 Å². The van der Waals surface area contributed by atoms with Crippen LogP contribution >= 0.6 is 24.0 Å². The summed E-state index contributed by atoms with van der Waals surface area (Å²) in [5.74, 6) is 0.852. The fourth-order valence-electron chi connectivity index (χ4n) is 2.99. The molecular formula is C22H28IN5. The molecule has 2 N–H and O–H groups in total. The molecule has 2 aromatic carbocycles. The summed E-state index contributed by atoms with van der Waals surface area (Å²) in [7, 11) is 0. The van der Waals surface area contributed by atoms with Crippen molar-refractivity contribution in [3.05, 3.63) is 78.4 Å². The summed E-state index contributed by atoms with van der Waals surface area (Å²) in [6.07, 6.45) is 5.63. The standard InChI is InChI=1S/C22H27N5.HI/c1-3-24-22(25-4-2)26-15-20-7-5-6-8-21(20)19-11-9-18(10-12-19)16-27-14-13-23-17-27;/h5-14,17H,3-4,15-16H2,1-2H3,(H2,24,25,26);1H. The van der Waals surface area contributed by atoms with Crippen molar-refractivity contribution in [2.75, 3.05) is 13.1 Å². The second-order valence-electron chi connectivity index (χ2n) is 6.31. The first-order chi connectivity index (χ1) is 13.3. The molecule has 1 heterocycles. The molecule has 0 aliphatic rings. The first kappa shape index (κ1) is 21.9. The highest BCUT2D eigenvalue weighted by atomic mass is 127. The van der Waals surface area contributed by atoms with Gasteiger partial charge in [0.2, 0.25) is 0 Å². The van der Waals surface area contributed by atoms with Crippen LogP contribution in [0.5, 0.6) is 0 Å². The van der Waals surface area contributed by atoms with Crippen molar-refractivity contribution in [1.29, 1.82) is 0 Å². The third-order valence-corrected chi connectivity index (χ3v) is 4.30. The smallest absolute Gasteiger partial charge is 0.191 e. The minimum absolute atomic E-state index is 0. The van der Waals surface area contributed by atoms with Gasteiger partial charge in [-0.3, -0.25) is 0 Å². The molecule has 0 bridgehead atoms. The lowest BCUT2D eigenvalue weighted by molar-refractivity contribution is 0.797. The molecule has 28 heavy (non-hydrogen) atoms. The quantitative estimate of drug-likeness (QED) is 0.296. The maximum atomic E-state index is 4.71. The van der Waals surface area contributed by atoms with Gasteiger partial charge in [0.05, 0.1) is 12.9 Å². The van der Waals surface area contributed by atoms with Gasteiger partial charge in [0, 0.05) is 32.0 Å². The highest BCUT2D eigenvalue weighted by Gasteiger charge is 2.05. The highest BCUT2D eigenvalue weighted by Crippen LogP contribution is 2.25. The molecule has 3 rings (SSSR count). The van der Waals surface area contributed by atoms with Crippen molar-refractivity contribution in [3.8, 4) is 11.1 Å². The van der Waals surface area contributed by atoms with Crippen LogP contribution in [0.2, 0.25) is 0 Å². The lowest BCUT2D eigenvalue weighted by Crippen LogP contribution is -2.36. The molecule has 0 atom stereocenters. The number of imidazole rings is 1. The van der Waals surface area contributed by atoms with E-state index in [1.807, 2.05) is 12.5 Å². The van der Waals surface area contributed by atoms with Crippen LogP contribution in [0.15, 0.2) is 72.2 Å². The summed E-state index contributed by atoms with van der Waals surface area (Å²) < 4.78 is 2.07. The van der Waals surface area contributed by atoms with E-state index in [-0.39, 0.29) is 24.0 Å². The Hall–Kier alpha value is -2.35. The maximum Gasteiger partial charge on any atom is 0.191 e. The lowest BCUT2D eigenvalue weighted by atomic mass is 9.98. The first-order valence-corrected chi connectivity index (χ1v) is 9.45. The van der Waals surface area contributed by atoms with E-state index >= 15 is 0 Å². The number of aromatic nitrogens is 2. The Morgan fingerprint density at radius 1 is 1.00 bits per heavy atom. The fraction of sp³-hybridized carbons (Fsp3) is 0.273. The monoisotopic (exact) mass is 489 g/mol. The van der Waals surface area contributed by atoms with E-state index < -0.39 is 0 Å². The molecule has 0 aliphatic carbocycles. The summed E-state index contributed by atoms with van der Waals surface area (Å²) in [5, 5.41) is 6.55. The number of nitrogens with zero attached hydrogens (tertiary/aromatic N) is 3. The average Bonchev–Trinajstić information content (AvgIpc) is 3.20. The largest absolute Gasteiger partial charge is 0.357 e. The SMILES string of the molecule is CCNC(=NCc1ccccc1-c1ccc(Cn2ccnc2)cc1)NCC.I. The van der Waals surface area contributed by atoms with E-state index in [1.165, 1.54) is 22.3 Å². The predicted octanol–water partition coefficient (Wildman–Crippen LogP) is 4.29. The van der Waals surface area contributed by atoms with Crippen molar-refractivity contribution in [1.82, 2.24) is 20.2 Å². The van der Waals surface area contributed by atoms with E-state index in [0.29, 0.717) is 6.54 Å². The topological polar surface area (TPSA) is 54.2 Å². The third kappa shape index (κ3) is 6.09. The first-order valence-electron chi connectivity index (χ1n) is 9.45. The van der Waals surface area contributed by atoms with Gasteiger partial charge in [0.1, 0.15) is 0 Å². The second kappa shape index (κ2) is 11.5.